The van der Waals surface area contributed by atoms with E-state index in [-0.39, 0.29) is 24.0 Å². The molecule has 3 heterocycles. The molecule has 5 rings (SSSR count). The minimum Gasteiger partial charge on any atom is -0.352 e. The van der Waals surface area contributed by atoms with Crippen LogP contribution in [0.4, 0.5) is 4.79 Å². The average Bonchev–Trinajstić information content (AvgIpc) is 3.66. The summed E-state index contributed by atoms with van der Waals surface area (Å²) in [6.07, 6.45) is 5.13. The summed E-state index contributed by atoms with van der Waals surface area (Å²) in [6.45, 7) is 9.29. The molecule has 1 saturated carbocycles. The Morgan fingerprint density at radius 2 is 1.81 bits per heavy atom. The number of rotatable bonds is 8. The van der Waals surface area contributed by atoms with E-state index in [4.69, 9.17) is 11.6 Å². The number of hydrogen-bond donors (Lipinski definition) is 1. The highest BCUT2D eigenvalue weighted by molar-refractivity contribution is 6.29. The molecule has 3 aliphatic rings. The number of hydrogen-bond acceptors (Lipinski definition) is 4. The Hall–Kier alpha value is -2.64. The molecule has 2 aliphatic heterocycles. The molecule has 8 heteroatoms. The number of benzene rings is 1. The van der Waals surface area contributed by atoms with Crippen LogP contribution in [-0.4, -0.2) is 75.9 Å². The molecule has 1 aliphatic carbocycles. The van der Waals surface area contributed by atoms with E-state index in [1.165, 1.54) is 5.56 Å². The highest BCUT2D eigenvalue weighted by Gasteiger charge is 2.47. The molecule has 3 fully saturated rings. The predicted molar refractivity (Wildman–Crippen MR) is 146 cm³/mol. The van der Waals surface area contributed by atoms with Gasteiger partial charge in [0.25, 0.3) is 5.91 Å². The fourth-order valence-corrected chi connectivity index (χ4v) is 6.37. The maximum atomic E-state index is 13.5. The maximum Gasteiger partial charge on any atom is 0.321 e. The van der Waals surface area contributed by atoms with Crippen molar-refractivity contribution >= 4 is 23.5 Å². The number of halogens is 1. The molecule has 3 amide bonds. The van der Waals surface area contributed by atoms with E-state index < -0.39 is 0 Å². The molecule has 37 heavy (non-hydrogen) atoms. The van der Waals surface area contributed by atoms with E-state index in [9.17, 15) is 9.59 Å². The van der Waals surface area contributed by atoms with Crippen molar-refractivity contribution in [1.29, 1.82) is 0 Å². The first-order valence-electron chi connectivity index (χ1n) is 13.6. The first kappa shape index (κ1) is 26.0. The lowest BCUT2D eigenvalue weighted by molar-refractivity contribution is 0.0886. The summed E-state index contributed by atoms with van der Waals surface area (Å²) in [5, 5.41) is 3.48. The Morgan fingerprint density at radius 1 is 1.11 bits per heavy atom. The molecule has 2 aromatic rings. The molecule has 1 unspecified atom stereocenters. The van der Waals surface area contributed by atoms with E-state index >= 15 is 0 Å². The van der Waals surface area contributed by atoms with E-state index in [1.807, 2.05) is 19.9 Å². The first-order chi connectivity index (χ1) is 17.8. The molecule has 198 valence electrons. The number of urea groups is 1. The van der Waals surface area contributed by atoms with E-state index in [0.29, 0.717) is 35.0 Å². The smallest absolute Gasteiger partial charge is 0.321 e. The van der Waals surface area contributed by atoms with Crippen LogP contribution >= 0.6 is 11.6 Å². The third kappa shape index (κ3) is 5.63. The zero-order chi connectivity index (χ0) is 26.1. The van der Waals surface area contributed by atoms with Gasteiger partial charge < -0.3 is 20.0 Å². The van der Waals surface area contributed by atoms with Crippen molar-refractivity contribution in [1.82, 2.24) is 25.0 Å². The first-order valence-corrected chi connectivity index (χ1v) is 14.0. The summed E-state index contributed by atoms with van der Waals surface area (Å²) in [5.74, 6) is -0.0928. The topological polar surface area (TPSA) is 68.8 Å². The number of nitrogens with zero attached hydrogens (tertiary/aromatic N) is 4. The second kappa shape index (κ2) is 11.0. The van der Waals surface area contributed by atoms with Crippen LogP contribution in [0.5, 0.6) is 0 Å². The molecular weight excluding hydrogens is 486 g/mol. The quantitative estimate of drug-likeness (QED) is 0.496. The normalized spacial score (nSPS) is 21.9. The average molecular weight is 524 g/mol. The molecule has 2 atom stereocenters. The van der Waals surface area contributed by atoms with Crippen molar-refractivity contribution in [3.05, 3.63) is 63.9 Å². The fraction of sp³-hybridized carbons (Fsp3) is 0.552. The summed E-state index contributed by atoms with van der Waals surface area (Å²) in [5.41, 5.74) is 3.35. The van der Waals surface area contributed by atoms with E-state index in [0.717, 1.165) is 57.3 Å². The van der Waals surface area contributed by atoms with Gasteiger partial charge in [-0.3, -0.25) is 4.79 Å². The monoisotopic (exact) mass is 523 g/mol. The van der Waals surface area contributed by atoms with Gasteiger partial charge in [-0.1, -0.05) is 41.9 Å². The number of aromatic nitrogens is 1. The van der Waals surface area contributed by atoms with Crippen LogP contribution in [0.15, 0.2) is 36.4 Å². The Labute approximate surface area is 225 Å². The number of pyridine rings is 1. The van der Waals surface area contributed by atoms with E-state index in [1.54, 1.807) is 6.07 Å². The van der Waals surface area contributed by atoms with Gasteiger partial charge >= 0.3 is 6.03 Å². The van der Waals surface area contributed by atoms with Gasteiger partial charge in [0, 0.05) is 44.3 Å². The van der Waals surface area contributed by atoms with Gasteiger partial charge in [-0.25, -0.2) is 9.78 Å². The molecule has 1 aromatic carbocycles. The lowest BCUT2D eigenvalue weighted by atomic mass is 9.98. The summed E-state index contributed by atoms with van der Waals surface area (Å²) < 4.78 is 0. The van der Waals surface area contributed by atoms with Gasteiger partial charge in [0.1, 0.15) is 5.15 Å². The van der Waals surface area contributed by atoms with Crippen LogP contribution in [0.2, 0.25) is 5.15 Å². The van der Waals surface area contributed by atoms with Crippen LogP contribution in [0.1, 0.15) is 72.2 Å². The lowest BCUT2D eigenvalue weighted by Gasteiger charge is -2.41. The van der Waals surface area contributed by atoms with Gasteiger partial charge in [0.15, 0.2) is 0 Å². The molecule has 7 nitrogen and oxygen atoms in total. The highest BCUT2D eigenvalue weighted by atomic mass is 35.5. The summed E-state index contributed by atoms with van der Waals surface area (Å²) in [4.78, 5) is 37.3. The number of aryl methyl sites for hydroxylation is 2. The Balaban J connectivity index is 1.14. The minimum absolute atomic E-state index is 0.0928. The maximum absolute atomic E-state index is 13.5. The second-order valence-corrected chi connectivity index (χ2v) is 11.3. The van der Waals surface area contributed by atoms with Crippen molar-refractivity contribution in [2.24, 2.45) is 0 Å². The van der Waals surface area contributed by atoms with Crippen LogP contribution in [-0.2, 0) is 0 Å². The zero-order valence-corrected chi connectivity index (χ0v) is 22.9. The van der Waals surface area contributed by atoms with Crippen LogP contribution < -0.4 is 5.32 Å². The SMILES string of the molecule is Cc1cc(Cl)nc(C)c1C(=O)NCCC(C)N1CCC(N2C(=O)N(C3CC3)C[C@H]2c2ccccc2)CC1. The number of carbonyl (C=O) groups excluding carboxylic acids is 2. The van der Waals surface area contributed by atoms with E-state index in [2.05, 4.69) is 56.2 Å². The Kier molecular flexibility index (Phi) is 7.72. The van der Waals surface area contributed by atoms with Gasteiger partial charge in [0.05, 0.1) is 17.3 Å². The number of amides is 3. The van der Waals surface area contributed by atoms with Crippen molar-refractivity contribution in [2.45, 2.75) is 77.0 Å². The lowest BCUT2D eigenvalue weighted by Crippen LogP contribution is -2.49. The van der Waals surface area contributed by atoms with Crippen LogP contribution in [0.3, 0.4) is 0 Å². The third-order valence-corrected chi connectivity index (χ3v) is 8.49. The second-order valence-electron chi connectivity index (χ2n) is 10.9. The zero-order valence-electron chi connectivity index (χ0n) is 22.1. The molecule has 2 saturated heterocycles. The molecule has 0 bridgehead atoms. The minimum atomic E-state index is -0.0928. The van der Waals surface area contributed by atoms with Crippen molar-refractivity contribution < 1.29 is 9.59 Å². The van der Waals surface area contributed by atoms with Crippen molar-refractivity contribution in [3.63, 3.8) is 0 Å². The van der Waals surface area contributed by atoms with Gasteiger partial charge in [-0.15, -0.1) is 0 Å². The Morgan fingerprint density at radius 3 is 2.46 bits per heavy atom. The molecule has 1 aromatic heterocycles. The standard InChI is InChI=1S/C29H38ClN5O2/c1-19-17-26(30)32-21(3)27(19)28(36)31-14-11-20(2)33-15-12-24(13-16-33)35-25(22-7-5-4-6-8-22)18-34(29(35)37)23-9-10-23/h4-8,17,20,23-25H,9-16,18H2,1-3H3,(H,31,36)/t20?,25-/m0/s1. The number of nitrogens with one attached hydrogen (secondary N) is 1. The molecular formula is C29H38ClN5O2. The highest BCUT2D eigenvalue weighted by Crippen LogP contribution is 2.40. The fourth-order valence-electron chi connectivity index (χ4n) is 6.08. The summed E-state index contributed by atoms with van der Waals surface area (Å²) >= 11 is 6.01. The van der Waals surface area contributed by atoms with Crippen molar-refractivity contribution in [3.8, 4) is 0 Å². The Bertz CT molecular complexity index is 1110. The molecule has 0 spiro atoms. The summed E-state index contributed by atoms with van der Waals surface area (Å²) in [7, 11) is 0. The predicted octanol–water partition coefficient (Wildman–Crippen LogP) is 4.97. The summed E-state index contributed by atoms with van der Waals surface area (Å²) in [6, 6.07) is 13.7. The van der Waals surface area contributed by atoms with Gasteiger partial charge in [-0.05, 0) is 70.1 Å². The largest absolute Gasteiger partial charge is 0.352 e. The van der Waals surface area contributed by atoms with Crippen LogP contribution in [0.25, 0.3) is 0 Å². The number of carbonyl (C=O) groups is 2. The number of likely N-dealkylation sites (tertiary alicyclic amines) is 1. The van der Waals surface area contributed by atoms with Gasteiger partial charge in [-0.2, -0.15) is 0 Å². The molecule has 0 radical (unpaired) electrons. The van der Waals surface area contributed by atoms with Gasteiger partial charge in [0.2, 0.25) is 0 Å². The van der Waals surface area contributed by atoms with Crippen molar-refractivity contribution in [2.75, 3.05) is 26.2 Å². The third-order valence-electron chi connectivity index (χ3n) is 8.30. The number of piperidine rings is 1. The molecule has 1 N–H and O–H groups in total. The van der Waals surface area contributed by atoms with Crippen LogP contribution in [0, 0.1) is 13.8 Å².